The van der Waals surface area contributed by atoms with Crippen LogP contribution in [0.4, 0.5) is 0 Å². The summed E-state index contributed by atoms with van der Waals surface area (Å²) >= 11 is 0. The topological polar surface area (TPSA) is 307 Å². The van der Waals surface area contributed by atoms with Crippen LogP contribution >= 0.6 is 0 Å². The summed E-state index contributed by atoms with van der Waals surface area (Å²) in [5.74, 6) is -11.7. The molecule has 1 heterocycles. The number of aliphatic hydroxyl groups is 3. The number of hydrogen-bond acceptors (Lipinski definition) is 12. The minimum absolute atomic E-state index is 0.190. The average Bonchev–Trinajstić information content (AvgIpc) is 3.47. The molecule has 0 bridgehead atoms. The van der Waals surface area contributed by atoms with E-state index in [0.717, 1.165) is 6.42 Å². The Labute approximate surface area is 234 Å². The van der Waals surface area contributed by atoms with Gasteiger partial charge in [-0.3, -0.25) is 33.6 Å². The molecule has 232 valence electrons. The quantitative estimate of drug-likeness (QED) is 0.0493. The predicted molar refractivity (Wildman–Crippen MR) is 137 cm³/mol. The number of carbonyl (C=O) groups excluding carboxylic acids is 5. The van der Waals surface area contributed by atoms with Crippen LogP contribution in [-0.2, 0) is 33.6 Å². The van der Waals surface area contributed by atoms with Gasteiger partial charge >= 0.3 is 11.9 Å². The molecule has 12 N–H and O–H groups in total. The molecule has 41 heavy (non-hydrogen) atoms. The van der Waals surface area contributed by atoms with Gasteiger partial charge in [0.25, 0.3) is 0 Å². The lowest BCUT2D eigenvalue weighted by Gasteiger charge is -2.25. The molecule has 18 nitrogen and oxygen atoms in total. The van der Waals surface area contributed by atoms with Gasteiger partial charge in [-0.25, -0.2) is 0 Å². The van der Waals surface area contributed by atoms with Gasteiger partial charge in [0.05, 0.1) is 31.9 Å². The number of carbonyl (C=O) groups is 7. The first-order valence-corrected chi connectivity index (χ1v) is 12.9. The first-order chi connectivity index (χ1) is 19.4. The second-order valence-electron chi connectivity index (χ2n) is 9.24. The summed E-state index contributed by atoms with van der Waals surface area (Å²) in [7, 11) is 0. The SMILES string of the molecule is NCCCC[C@H](NC(=O)[C@H](CO)NC(=O)[C@H](CO)NC(=O)[C@H](CO)NC(=O)[C@@H]1CCCN1)C(=O)C(C(=O)O)C(=O)O. The zero-order chi connectivity index (χ0) is 31.1. The minimum Gasteiger partial charge on any atom is -0.480 e. The lowest BCUT2D eigenvalue weighted by atomic mass is 9.94. The highest BCUT2D eigenvalue weighted by atomic mass is 16.4. The van der Waals surface area contributed by atoms with Crippen molar-refractivity contribution in [1.29, 1.82) is 0 Å². The van der Waals surface area contributed by atoms with Gasteiger partial charge < -0.3 is 57.9 Å². The lowest BCUT2D eigenvalue weighted by Crippen LogP contribution is -2.60. The highest BCUT2D eigenvalue weighted by Gasteiger charge is 2.39. The third-order valence-electron chi connectivity index (χ3n) is 6.21. The van der Waals surface area contributed by atoms with Gasteiger partial charge in [-0.2, -0.15) is 0 Å². The Bertz CT molecular complexity index is 943. The number of carboxylic acids is 2. The number of rotatable bonds is 19. The summed E-state index contributed by atoms with van der Waals surface area (Å²) in [5.41, 5.74) is 5.40. The summed E-state index contributed by atoms with van der Waals surface area (Å²) in [6.07, 6.45) is 1.63. The van der Waals surface area contributed by atoms with Gasteiger partial charge in [-0.1, -0.05) is 0 Å². The molecule has 1 rings (SSSR count). The normalized spacial score (nSPS) is 17.5. The van der Waals surface area contributed by atoms with Gasteiger partial charge in [-0.05, 0) is 45.2 Å². The van der Waals surface area contributed by atoms with Crippen LogP contribution in [0.5, 0.6) is 0 Å². The number of Topliss-reactive ketones (excluding diaryl/α,β-unsaturated/α-hetero) is 1. The molecule has 1 saturated heterocycles. The first-order valence-electron chi connectivity index (χ1n) is 12.9. The molecule has 0 unspecified atom stereocenters. The third kappa shape index (κ3) is 11.0. The number of ketones is 1. The van der Waals surface area contributed by atoms with Crippen LogP contribution in [0.1, 0.15) is 32.1 Å². The van der Waals surface area contributed by atoms with Crippen LogP contribution in [-0.4, -0.2) is 130 Å². The Morgan fingerprint density at radius 2 is 1.20 bits per heavy atom. The van der Waals surface area contributed by atoms with Crippen LogP contribution in [0.3, 0.4) is 0 Å². The van der Waals surface area contributed by atoms with Crippen molar-refractivity contribution in [2.45, 2.75) is 62.3 Å². The number of amides is 4. The number of unbranched alkanes of at least 4 members (excludes halogenated alkanes) is 1. The van der Waals surface area contributed by atoms with Crippen molar-refractivity contribution in [2.75, 3.05) is 32.9 Å². The van der Waals surface area contributed by atoms with E-state index in [1.54, 1.807) is 0 Å². The maximum Gasteiger partial charge on any atom is 0.325 e. The molecule has 1 fully saturated rings. The third-order valence-corrected chi connectivity index (χ3v) is 6.21. The van der Waals surface area contributed by atoms with E-state index >= 15 is 0 Å². The van der Waals surface area contributed by atoms with Gasteiger partial charge in [0, 0.05) is 0 Å². The van der Waals surface area contributed by atoms with Gasteiger partial charge in [0.1, 0.15) is 18.1 Å². The van der Waals surface area contributed by atoms with Crippen LogP contribution in [0.15, 0.2) is 0 Å². The van der Waals surface area contributed by atoms with E-state index in [-0.39, 0.29) is 19.4 Å². The van der Waals surface area contributed by atoms with Crippen molar-refractivity contribution >= 4 is 41.4 Å². The van der Waals surface area contributed by atoms with E-state index in [1.807, 2.05) is 0 Å². The molecule has 1 aliphatic rings. The maximum absolute atomic E-state index is 12.8. The zero-order valence-electron chi connectivity index (χ0n) is 22.2. The average molecular weight is 591 g/mol. The van der Waals surface area contributed by atoms with E-state index in [1.165, 1.54) is 0 Å². The van der Waals surface area contributed by atoms with Gasteiger partial charge in [0.2, 0.25) is 29.5 Å². The van der Waals surface area contributed by atoms with E-state index < -0.39 is 97.3 Å². The van der Waals surface area contributed by atoms with Crippen molar-refractivity contribution in [2.24, 2.45) is 11.7 Å². The summed E-state index contributed by atoms with van der Waals surface area (Å²) in [5, 5.41) is 58.6. The standard InChI is InChI=1S/C23H38N6O12/c24-6-2-1-4-11(17(33)16(22(38)39)23(40)41)26-19(35)13(8-30)28-21(37)15(10-32)29-20(36)14(9-31)27-18(34)12-5-3-7-25-12/h11-16,25,30-32H,1-10,24H2,(H,26,35)(H,27,34)(H,28,37)(H,29,36)(H,38,39)(H,40,41)/t11-,12-,13-,14-,15-/m0/s1. The van der Waals surface area contributed by atoms with Gasteiger partial charge in [0.15, 0.2) is 5.78 Å². The predicted octanol–water partition coefficient (Wildman–Crippen LogP) is -5.86. The van der Waals surface area contributed by atoms with E-state index in [9.17, 15) is 48.9 Å². The fourth-order valence-corrected chi connectivity index (χ4v) is 3.91. The number of nitrogens with one attached hydrogen (secondary N) is 5. The highest BCUT2D eigenvalue weighted by Crippen LogP contribution is 2.11. The monoisotopic (exact) mass is 590 g/mol. The van der Waals surface area contributed by atoms with Crippen LogP contribution < -0.4 is 32.3 Å². The molecule has 0 saturated carbocycles. The second kappa shape index (κ2) is 17.9. The first kappa shape index (κ1) is 35.3. The molecule has 0 aromatic carbocycles. The number of aliphatic carboxylic acids is 2. The number of carboxylic acid groups (broad SMARTS) is 2. The molecule has 0 aliphatic carbocycles. The Hall–Kier alpha value is -3.71. The minimum atomic E-state index is -2.49. The molecule has 0 spiro atoms. The van der Waals surface area contributed by atoms with Crippen molar-refractivity contribution < 1.29 is 59.1 Å². The molecule has 18 heteroatoms. The van der Waals surface area contributed by atoms with E-state index in [4.69, 9.17) is 15.9 Å². The maximum atomic E-state index is 12.8. The summed E-state index contributed by atoms with van der Waals surface area (Å²) in [6.45, 7) is -2.08. The summed E-state index contributed by atoms with van der Waals surface area (Å²) in [4.78, 5) is 85.4. The largest absolute Gasteiger partial charge is 0.480 e. The fourth-order valence-electron chi connectivity index (χ4n) is 3.91. The summed E-state index contributed by atoms with van der Waals surface area (Å²) in [6, 6.07) is -7.13. The molecule has 1 aliphatic heterocycles. The molecule has 0 radical (unpaired) electrons. The van der Waals surface area contributed by atoms with Crippen LogP contribution in [0.25, 0.3) is 0 Å². The lowest BCUT2D eigenvalue weighted by molar-refractivity contribution is -0.159. The van der Waals surface area contributed by atoms with E-state index in [0.29, 0.717) is 19.4 Å². The molecule has 5 atom stereocenters. The molecule has 0 aromatic rings. The van der Waals surface area contributed by atoms with Crippen LogP contribution in [0, 0.1) is 5.92 Å². The number of aliphatic hydroxyl groups excluding tert-OH is 3. The Kier molecular flexibility index (Phi) is 15.4. The highest BCUT2D eigenvalue weighted by molar-refractivity contribution is 6.16. The van der Waals surface area contributed by atoms with Crippen molar-refractivity contribution in [1.82, 2.24) is 26.6 Å². The number of hydrogen-bond donors (Lipinski definition) is 11. The van der Waals surface area contributed by atoms with Crippen molar-refractivity contribution in [3.05, 3.63) is 0 Å². The van der Waals surface area contributed by atoms with E-state index in [2.05, 4.69) is 26.6 Å². The Balaban J connectivity index is 2.90. The zero-order valence-corrected chi connectivity index (χ0v) is 22.2. The summed E-state index contributed by atoms with van der Waals surface area (Å²) < 4.78 is 0. The van der Waals surface area contributed by atoms with Gasteiger partial charge in [-0.15, -0.1) is 0 Å². The fraction of sp³-hybridized carbons (Fsp3) is 0.696. The molecule has 4 amide bonds. The molecular formula is C23H38N6O12. The van der Waals surface area contributed by atoms with Crippen molar-refractivity contribution in [3.8, 4) is 0 Å². The van der Waals surface area contributed by atoms with Crippen LogP contribution in [0.2, 0.25) is 0 Å². The van der Waals surface area contributed by atoms with Crippen molar-refractivity contribution in [3.63, 3.8) is 0 Å². The Morgan fingerprint density at radius 1 is 0.732 bits per heavy atom. The number of nitrogens with two attached hydrogens (primary N) is 1. The molecule has 0 aromatic heterocycles. The molecular weight excluding hydrogens is 552 g/mol. The Morgan fingerprint density at radius 3 is 1.59 bits per heavy atom. The second-order valence-corrected chi connectivity index (χ2v) is 9.24. The smallest absolute Gasteiger partial charge is 0.325 e.